The van der Waals surface area contributed by atoms with Crippen molar-refractivity contribution in [1.82, 2.24) is 0 Å². The standard InChI is InChI=1S/C15H11F3O3/c1-9-8-10(21-15(16,17)18)6-7-11(9)12-4-2-3-5-13(12)14(19)20/h2-8H,1H3,(H,19,20). The molecule has 0 aliphatic rings. The van der Waals surface area contributed by atoms with Crippen LogP contribution in [0.15, 0.2) is 42.5 Å². The molecular weight excluding hydrogens is 285 g/mol. The third-order valence-electron chi connectivity index (χ3n) is 2.88. The highest BCUT2D eigenvalue weighted by atomic mass is 19.4. The summed E-state index contributed by atoms with van der Waals surface area (Å²) in [4.78, 5) is 11.2. The fraction of sp³-hybridized carbons (Fsp3) is 0.133. The van der Waals surface area contributed by atoms with Gasteiger partial charge in [0.15, 0.2) is 0 Å². The first kappa shape index (κ1) is 14.9. The third-order valence-corrected chi connectivity index (χ3v) is 2.88. The number of halogens is 3. The Morgan fingerprint density at radius 1 is 1.10 bits per heavy atom. The minimum atomic E-state index is -4.76. The summed E-state index contributed by atoms with van der Waals surface area (Å²) in [6, 6.07) is 10.1. The Morgan fingerprint density at radius 2 is 1.76 bits per heavy atom. The van der Waals surface area contributed by atoms with Crippen molar-refractivity contribution in [3.8, 4) is 16.9 Å². The van der Waals surface area contributed by atoms with Gasteiger partial charge in [0.05, 0.1) is 5.56 Å². The van der Waals surface area contributed by atoms with Crippen LogP contribution in [0.2, 0.25) is 0 Å². The number of carboxylic acids is 1. The second-order valence-corrected chi connectivity index (χ2v) is 4.38. The van der Waals surface area contributed by atoms with E-state index >= 15 is 0 Å². The number of ether oxygens (including phenoxy) is 1. The van der Waals surface area contributed by atoms with Crippen LogP contribution >= 0.6 is 0 Å². The van der Waals surface area contributed by atoms with E-state index in [4.69, 9.17) is 5.11 Å². The molecule has 2 aromatic carbocycles. The zero-order chi connectivity index (χ0) is 15.6. The maximum atomic E-state index is 12.2. The average Bonchev–Trinajstić information content (AvgIpc) is 2.37. The zero-order valence-corrected chi connectivity index (χ0v) is 10.9. The van der Waals surface area contributed by atoms with Gasteiger partial charge < -0.3 is 9.84 Å². The first-order chi connectivity index (χ1) is 9.78. The topological polar surface area (TPSA) is 46.5 Å². The molecule has 0 spiro atoms. The molecule has 0 aliphatic heterocycles. The van der Waals surface area contributed by atoms with Gasteiger partial charge >= 0.3 is 12.3 Å². The van der Waals surface area contributed by atoms with Crippen molar-refractivity contribution in [2.75, 3.05) is 0 Å². The highest BCUT2D eigenvalue weighted by Gasteiger charge is 2.31. The smallest absolute Gasteiger partial charge is 0.478 e. The molecule has 21 heavy (non-hydrogen) atoms. The maximum Gasteiger partial charge on any atom is 0.573 e. The molecule has 110 valence electrons. The molecule has 0 atom stereocenters. The van der Waals surface area contributed by atoms with E-state index in [0.717, 1.165) is 6.07 Å². The van der Waals surface area contributed by atoms with Crippen LogP contribution in [0, 0.1) is 6.92 Å². The highest BCUT2D eigenvalue weighted by Crippen LogP contribution is 2.31. The predicted molar refractivity (Wildman–Crippen MR) is 70.3 cm³/mol. The number of alkyl halides is 3. The highest BCUT2D eigenvalue weighted by molar-refractivity contribution is 5.96. The second kappa shape index (κ2) is 5.47. The van der Waals surface area contributed by atoms with E-state index in [1.165, 1.54) is 18.2 Å². The van der Waals surface area contributed by atoms with Crippen LogP contribution in [0.1, 0.15) is 15.9 Å². The van der Waals surface area contributed by atoms with E-state index in [0.29, 0.717) is 16.7 Å². The molecule has 0 amide bonds. The lowest BCUT2D eigenvalue weighted by Gasteiger charge is -2.13. The molecule has 0 unspecified atom stereocenters. The van der Waals surface area contributed by atoms with Gasteiger partial charge in [-0.15, -0.1) is 13.2 Å². The minimum Gasteiger partial charge on any atom is -0.478 e. The van der Waals surface area contributed by atoms with Crippen LogP contribution in [0.25, 0.3) is 11.1 Å². The third kappa shape index (κ3) is 3.53. The normalized spacial score (nSPS) is 11.2. The summed E-state index contributed by atoms with van der Waals surface area (Å²) < 4.78 is 40.3. The quantitative estimate of drug-likeness (QED) is 0.920. The Labute approximate surface area is 118 Å². The molecule has 0 saturated heterocycles. The summed E-state index contributed by atoms with van der Waals surface area (Å²) >= 11 is 0. The van der Waals surface area contributed by atoms with E-state index in [-0.39, 0.29) is 11.3 Å². The maximum absolute atomic E-state index is 12.2. The van der Waals surface area contributed by atoms with Crippen LogP contribution in [0.3, 0.4) is 0 Å². The van der Waals surface area contributed by atoms with Crippen LogP contribution < -0.4 is 4.74 Å². The van der Waals surface area contributed by atoms with E-state index in [9.17, 15) is 18.0 Å². The van der Waals surface area contributed by atoms with Crippen molar-refractivity contribution < 1.29 is 27.8 Å². The Hall–Kier alpha value is -2.50. The van der Waals surface area contributed by atoms with E-state index in [1.54, 1.807) is 25.1 Å². The zero-order valence-electron chi connectivity index (χ0n) is 10.9. The van der Waals surface area contributed by atoms with E-state index in [2.05, 4.69) is 4.74 Å². The number of carbonyl (C=O) groups is 1. The Morgan fingerprint density at radius 3 is 2.33 bits per heavy atom. The molecule has 3 nitrogen and oxygen atoms in total. The van der Waals surface area contributed by atoms with Gasteiger partial charge in [0.2, 0.25) is 0 Å². The number of hydrogen-bond acceptors (Lipinski definition) is 2. The molecule has 0 aromatic heterocycles. The largest absolute Gasteiger partial charge is 0.573 e. The van der Waals surface area contributed by atoms with Crippen molar-refractivity contribution in [3.05, 3.63) is 53.6 Å². The molecule has 0 fully saturated rings. The fourth-order valence-corrected chi connectivity index (χ4v) is 2.04. The van der Waals surface area contributed by atoms with Gasteiger partial charge in [-0.2, -0.15) is 0 Å². The molecule has 0 radical (unpaired) electrons. The van der Waals surface area contributed by atoms with Crippen molar-refractivity contribution in [1.29, 1.82) is 0 Å². The molecule has 0 saturated carbocycles. The Balaban J connectivity index is 2.45. The summed E-state index contributed by atoms with van der Waals surface area (Å²) in [5.41, 5.74) is 1.57. The van der Waals surface area contributed by atoms with Gasteiger partial charge in [-0.3, -0.25) is 0 Å². The van der Waals surface area contributed by atoms with Crippen LogP contribution in [-0.2, 0) is 0 Å². The summed E-state index contributed by atoms with van der Waals surface area (Å²) in [7, 11) is 0. The van der Waals surface area contributed by atoms with Crippen LogP contribution in [-0.4, -0.2) is 17.4 Å². The Bertz CT molecular complexity index is 678. The number of aryl methyl sites for hydroxylation is 1. The van der Waals surface area contributed by atoms with Crippen molar-refractivity contribution in [3.63, 3.8) is 0 Å². The predicted octanol–water partition coefficient (Wildman–Crippen LogP) is 4.26. The van der Waals surface area contributed by atoms with Gasteiger partial charge in [0.1, 0.15) is 5.75 Å². The molecule has 0 bridgehead atoms. The summed E-state index contributed by atoms with van der Waals surface area (Å²) in [6.07, 6.45) is -4.76. The van der Waals surface area contributed by atoms with Gasteiger partial charge in [-0.1, -0.05) is 24.3 Å². The van der Waals surface area contributed by atoms with Crippen molar-refractivity contribution >= 4 is 5.97 Å². The number of rotatable bonds is 3. The molecule has 0 aliphatic carbocycles. The monoisotopic (exact) mass is 296 g/mol. The molecular formula is C15H11F3O3. The second-order valence-electron chi connectivity index (χ2n) is 4.38. The minimum absolute atomic E-state index is 0.0880. The number of hydrogen-bond donors (Lipinski definition) is 1. The summed E-state index contributed by atoms with van der Waals surface area (Å²) in [5, 5.41) is 9.15. The summed E-state index contributed by atoms with van der Waals surface area (Å²) in [6.45, 7) is 1.59. The van der Waals surface area contributed by atoms with E-state index in [1.807, 2.05) is 0 Å². The first-order valence-corrected chi connectivity index (χ1v) is 5.97. The fourth-order valence-electron chi connectivity index (χ4n) is 2.04. The van der Waals surface area contributed by atoms with Gasteiger partial charge in [-0.05, 0) is 41.8 Å². The molecule has 6 heteroatoms. The number of benzene rings is 2. The van der Waals surface area contributed by atoms with Crippen LogP contribution in [0.4, 0.5) is 13.2 Å². The molecule has 1 N–H and O–H groups in total. The lowest BCUT2D eigenvalue weighted by Crippen LogP contribution is -2.17. The van der Waals surface area contributed by atoms with Gasteiger partial charge in [0.25, 0.3) is 0 Å². The first-order valence-electron chi connectivity index (χ1n) is 5.97. The van der Waals surface area contributed by atoms with E-state index < -0.39 is 12.3 Å². The summed E-state index contributed by atoms with van der Waals surface area (Å²) in [5.74, 6) is -1.43. The lowest BCUT2D eigenvalue weighted by atomic mass is 9.96. The number of carboxylic acid groups (broad SMARTS) is 1. The molecule has 2 aromatic rings. The van der Waals surface area contributed by atoms with Crippen LogP contribution in [0.5, 0.6) is 5.75 Å². The van der Waals surface area contributed by atoms with Crippen molar-refractivity contribution in [2.24, 2.45) is 0 Å². The van der Waals surface area contributed by atoms with Crippen molar-refractivity contribution in [2.45, 2.75) is 13.3 Å². The molecule has 0 heterocycles. The number of aromatic carboxylic acids is 1. The Kier molecular flexibility index (Phi) is 3.88. The van der Waals surface area contributed by atoms with Gasteiger partial charge in [-0.25, -0.2) is 4.79 Å². The molecule has 2 rings (SSSR count). The lowest BCUT2D eigenvalue weighted by molar-refractivity contribution is -0.274. The average molecular weight is 296 g/mol. The SMILES string of the molecule is Cc1cc(OC(F)(F)F)ccc1-c1ccccc1C(=O)O. The van der Waals surface area contributed by atoms with Gasteiger partial charge in [0, 0.05) is 0 Å².